The predicted molar refractivity (Wildman–Crippen MR) is 190 cm³/mol. The molecule has 1 aromatic carbocycles. The van der Waals surface area contributed by atoms with Crippen molar-refractivity contribution < 1.29 is 43.9 Å². The quantitative estimate of drug-likeness (QED) is 0.123. The van der Waals surface area contributed by atoms with Gasteiger partial charge in [-0.2, -0.15) is 0 Å². The highest BCUT2D eigenvalue weighted by atomic mass is 16.6. The van der Waals surface area contributed by atoms with Crippen LogP contribution in [-0.2, 0) is 30.3 Å². The predicted octanol–water partition coefficient (Wildman–Crippen LogP) is 5.11. The molecule has 3 fully saturated rings. The van der Waals surface area contributed by atoms with Crippen molar-refractivity contribution in [3.8, 4) is 11.5 Å². The number of aliphatic hydroxyl groups is 2. The number of hydrogen-bond acceptors (Lipinski definition) is 10. The lowest BCUT2D eigenvalue weighted by atomic mass is 9.66. The lowest BCUT2D eigenvalue weighted by Gasteiger charge is -2.49. The average Bonchev–Trinajstić information content (AvgIpc) is 3.11. The lowest BCUT2D eigenvalue weighted by molar-refractivity contribution is -0.179. The SMILES string of the molecule is CCCC[C@H](CC[C@H](O)CCCO)[C@H](C[C@@H](OC(=O)[C@@]12CCCC[C@@H]1CCC(=O)N2)C1(Cc2ccc(O)c(OC)c2)CCNCC1)OC(C)=O. The summed E-state index contributed by atoms with van der Waals surface area (Å²) in [6.45, 7) is 4.97. The van der Waals surface area contributed by atoms with Gasteiger partial charge in [-0.25, -0.2) is 4.79 Å². The number of phenolic OH excluding ortho intramolecular Hbond substituents is 1. The van der Waals surface area contributed by atoms with Crippen LogP contribution in [0.1, 0.15) is 122 Å². The normalized spacial score (nSPS) is 24.2. The second kappa shape index (κ2) is 19.1. The smallest absolute Gasteiger partial charge is 0.332 e. The van der Waals surface area contributed by atoms with Crippen LogP contribution in [0.15, 0.2) is 18.2 Å². The molecule has 1 aromatic rings. The number of ether oxygens (including phenoxy) is 3. The number of carbonyl (C=O) groups is 3. The van der Waals surface area contributed by atoms with Crippen molar-refractivity contribution in [1.29, 1.82) is 0 Å². The third kappa shape index (κ3) is 10.3. The average molecular weight is 703 g/mol. The van der Waals surface area contributed by atoms with Crippen molar-refractivity contribution in [3.05, 3.63) is 23.8 Å². The van der Waals surface area contributed by atoms with E-state index in [-0.39, 0.29) is 36.5 Å². The van der Waals surface area contributed by atoms with E-state index >= 15 is 0 Å². The van der Waals surface area contributed by atoms with Crippen molar-refractivity contribution in [1.82, 2.24) is 10.6 Å². The second-order valence-corrected chi connectivity index (χ2v) is 15.1. The molecule has 2 heterocycles. The summed E-state index contributed by atoms with van der Waals surface area (Å²) in [6.07, 6.45) is 9.52. The molecule has 0 radical (unpaired) electrons. The number of nitrogens with one attached hydrogen (secondary N) is 2. The molecule has 1 aliphatic carbocycles. The van der Waals surface area contributed by atoms with E-state index in [2.05, 4.69) is 17.6 Å². The van der Waals surface area contributed by atoms with Crippen LogP contribution in [0.2, 0.25) is 0 Å². The fourth-order valence-corrected chi connectivity index (χ4v) is 8.79. The molecule has 2 aliphatic heterocycles. The minimum atomic E-state index is -1.07. The van der Waals surface area contributed by atoms with Gasteiger partial charge in [0.2, 0.25) is 5.91 Å². The van der Waals surface area contributed by atoms with Crippen molar-refractivity contribution in [2.75, 3.05) is 26.8 Å². The first kappa shape index (κ1) is 39.9. The van der Waals surface area contributed by atoms with Gasteiger partial charge in [0.05, 0.1) is 13.2 Å². The number of aromatic hydroxyl groups is 1. The van der Waals surface area contributed by atoms with E-state index in [9.17, 15) is 29.7 Å². The van der Waals surface area contributed by atoms with Gasteiger partial charge in [0.25, 0.3) is 0 Å². The molecule has 5 N–H and O–H groups in total. The van der Waals surface area contributed by atoms with Crippen LogP contribution in [0.3, 0.4) is 0 Å². The van der Waals surface area contributed by atoms with Crippen LogP contribution in [-0.4, -0.2) is 83.8 Å². The first-order chi connectivity index (χ1) is 24.1. The first-order valence-electron chi connectivity index (χ1n) is 19.1. The maximum Gasteiger partial charge on any atom is 0.332 e. The Hall–Kier alpha value is -2.89. The second-order valence-electron chi connectivity index (χ2n) is 15.1. The van der Waals surface area contributed by atoms with Gasteiger partial charge >= 0.3 is 11.9 Å². The van der Waals surface area contributed by atoms with Gasteiger partial charge in [0.1, 0.15) is 17.7 Å². The Balaban J connectivity index is 1.75. The molecule has 0 aromatic heterocycles. The number of hydrogen-bond donors (Lipinski definition) is 5. The van der Waals surface area contributed by atoms with Crippen LogP contribution in [0, 0.1) is 17.3 Å². The Morgan fingerprint density at radius 3 is 2.50 bits per heavy atom. The minimum Gasteiger partial charge on any atom is -0.504 e. The number of methoxy groups -OCH3 is 1. The number of benzene rings is 1. The minimum absolute atomic E-state index is 0.00871. The van der Waals surface area contributed by atoms with Gasteiger partial charge in [-0.3, -0.25) is 9.59 Å². The number of aliphatic hydroxyl groups excluding tert-OH is 2. The van der Waals surface area contributed by atoms with Crippen LogP contribution in [0.25, 0.3) is 0 Å². The number of rotatable bonds is 19. The molecule has 1 saturated carbocycles. The standard InChI is InChI=1S/C39H62N2O9/c1-4-5-9-29(13-15-31(44)11-8-23-42)33(49-27(2)43)25-35(50-37(47)39-18-7-6-10-30(39)14-17-36(46)41-39)38(19-21-40-22-20-38)26-28-12-16-32(45)34(24-28)48-3/h12,16,24,29-31,33,35,40,42,44-45H,4-11,13-15,17-23,25-26H2,1-3H3,(H,41,46)/t29-,30-,31-,33+,35-,39-/m1/s1. The third-order valence-electron chi connectivity index (χ3n) is 11.6. The Bertz CT molecular complexity index is 1250. The summed E-state index contributed by atoms with van der Waals surface area (Å²) in [7, 11) is 1.52. The molecule has 2 saturated heterocycles. The maximum atomic E-state index is 14.7. The molecule has 4 rings (SSSR count). The molecule has 11 nitrogen and oxygen atoms in total. The number of esters is 2. The molecular formula is C39H62N2O9. The van der Waals surface area contributed by atoms with Gasteiger partial charge in [-0.15, -0.1) is 0 Å². The Kier molecular flexibility index (Phi) is 15.2. The molecule has 6 atom stereocenters. The summed E-state index contributed by atoms with van der Waals surface area (Å²) >= 11 is 0. The Morgan fingerprint density at radius 1 is 1.02 bits per heavy atom. The Morgan fingerprint density at radius 2 is 1.80 bits per heavy atom. The highest BCUT2D eigenvalue weighted by Crippen LogP contribution is 2.46. The molecule has 0 bridgehead atoms. The van der Waals surface area contributed by atoms with Crippen molar-refractivity contribution >= 4 is 17.8 Å². The lowest BCUT2D eigenvalue weighted by Crippen LogP contribution is -2.65. The largest absolute Gasteiger partial charge is 0.504 e. The molecule has 3 aliphatic rings. The number of phenols is 1. The number of amides is 1. The molecule has 50 heavy (non-hydrogen) atoms. The van der Waals surface area contributed by atoms with E-state index in [4.69, 9.17) is 14.2 Å². The summed E-state index contributed by atoms with van der Waals surface area (Å²) in [6, 6.07) is 5.33. The summed E-state index contributed by atoms with van der Waals surface area (Å²) in [5.41, 5.74) is -0.686. The third-order valence-corrected chi connectivity index (χ3v) is 11.6. The molecule has 11 heteroatoms. The zero-order chi connectivity index (χ0) is 36.1. The van der Waals surface area contributed by atoms with E-state index in [1.165, 1.54) is 14.0 Å². The monoisotopic (exact) mass is 702 g/mol. The van der Waals surface area contributed by atoms with Crippen molar-refractivity contribution in [2.24, 2.45) is 17.3 Å². The zero-order valence-electron chi connectivity index (χ0n) is 30.6. The van der Waals surface area contributed by atoms with Crippen molar-refractivity contribution in [2.45, 2.75) is 147 Å². The van der Waals surface area contributed by atoms with E-state index in [1.807, 2.05) is 12.1 Å². The number of unbranched alkanes of at least 4 members (excludes halogenated alkanes) is 1. The van der Waals surface area contributed by atoms with Gasteiger partial charge in [0.15, 0.2) is 11.5 Å². The van der Waals surface area contributed by atoms with E-state index in [1.54, 1.807) is 6.07 Å². The highest BCUT2D eigenvalue weighted by molar-refractivity contribution is 5.90. The number of piperidine rings is 2. The topological polar surface area (TPSA) is 164 Å². The van der Waals surface area contributed by atoms with E-state index < -0.39 is 41.2 Å². The molecule has 282 valence electrons. The molecular weight excluding hydrogens is 640 g/mol. The summed E-state index contributed by atoms with van der Waals surface area (Å²) in [5.74, 6) is -0.583. The number of fused-ring (bicyclic) bond motifs is 1. The summed E-state index contributed by atoms with van der Waals surface area (Å²) in [4.78, 5) is 40.3. The van der Waals surface area contributed by atoms with Gasteiger partial charge in [-0.05, 0) is 113 Å². The fraction of sp³-hybridized carbons (Fsp3) is 0.769. The number of carbonyl (C=O) groups excluding carboxylic acids is 3. The Labute approximate surface area is 298 Å². The first-order valence-corrected chi connectivity index (χ1v) is 19.1. The van der Waals surface area contributed by atoms with E-state index in [0.29, 0.717) is 83.0 Å². The summed E-state index contributed by atoms with van der Waals surface area (Å²) in [5, 5.41) is 36.9. The molecule has 1 amide bonds. The maximum absolute atomic E-state index is 14.7. The van der Waals surface area contributed by atoms with E-state index in [0.717, 1.165) is 44.1 Å². The highest BCUT2D eigenvalue weighted by Gasteiger charge is 2.54. The molecule has 0 spiro atoms. The van der Waals surface area contributed by atoms with Crippen LogP contribution < -0.4 is 15.4 Å². The van der Waals surface area contributed by atoms with Gasteiger partial charge < -0.3 is 40.2 Å². The van der Waals surface area contributed by atoms with Crippen LogP contribution in [0.5, 0.6) is 11.5 Å². The zero-order valence-corrected chi connectivity index (χ0v) is 30.6. The van der Waals surface area contributed by atoms with Crippen LogP contribution >= 0.6 is 0 Å². The fourth-order valence-electron chi connectivity index (χ4n) is 8.79. The molecule has 0 unspecified atom stereocenters. The van der Waals surface area contributed by atoms with Gasteiger partial charge in [0, 0.05) is 31.8 Å². The van der Waals surface area contributed by atoms with Crippen LogP contribution in [0.4, 0.5) is 0 Å². The van der Waals surface area contributed by atoms with Crippen molar-refractivity contribution in [3.63, 3.8) is 0 Å². The van der Waals surface area contributed by atoms with Gasteiger partial charge in [-0.1, -0.05) is 38.7 Å². The summed E-state index contributed by atoms with van der Waals surface area (Å²) < 4.78 is 18.4.